The molecule has 0 radical (unpaired) electrons. The van der Waals surface area contributed by atoms with Gasteiger partial charge < -0.3 is 14.8 Å². The van der Waals surface area contributed by atoms with E-state index in [0.717, 1.165) is 33.8 Å². The molecule has 2 rings (SSSR count). The van der Waals surface area contributed by atoms with Crippen molar-refractivity contribution in [2.45, 2.75) is 40.7 Å². The molecule has 0 aliphatic heterocycles. The zero-order valence-electron chi connectivity index (χ0n) is 15.7. The van der Waals surface area contributed by atoms with E-state index < -0.39 is 6.10 Å². The maximum Gasteiger partial charge on any atom is 0.260 e. The highest BCUT2D eigenvalue weighted by atomic mass is 16.5. The van der Waals surface area contributed by atoms with Crippen LogP contribution in [0, 0.1) is 27.7 Å². The van der Waals surface area contributed by atoms with Gasteiger partial charge in [0.05, 0.1) is 6.54 Å². The summed E-state index contributed by atoms with van der Waals surface area (Å²) in [5, 5.41) is 2.85. The highest BCUT2D eigenvalue weighted by Gasteiger charge is 2.16. The van der Waals surface area contributed by atoms with E-state index in [4.69, 9.17) is 9.47 Å². The van der Waals surface area contributed by atoms with Gasteiger partial charge in [-0.2, -0.15) is 0 Å². The number of benzene rings is 2. The smallest absolute Gasteiger partial charge is 0.260 e. The Kier molecular flexibility index (Phi) is 6.45. The molecule has 25 heavy (non-hydrogen) atoms. The normalized spacial score (nSPS) is 11.7. The van der Waals surface area contributed by atoms with Gasteiger partial charge in [0.25, 0.3) is 5.91 Å². The SMILES string of the molecule is Cc1cc(C)c(C)c(O[C@@H](C)C(=O)NCCOc2ccccc2C)c1. The van der Waals surface area contributed by atoms with E-state index in [1.807, 2.05) is 58.0 Å². The van der Waals surface area contributed by atoms with Crippen molar-refractivity contribution in [1.29, 1.82) is 0 Å². The van der Waals surface area contributed by atoms with Gasteiger partial charge in [0.15, 0.2) is 6.10 Å². The van der Waals surface area contributed by atoms with Crippen LogP contribution < -0.4 is 14.8 Å². The molecule has 2 aromatic carbocycles. The number of carbonyl (C=O) groups excluding carboxylic acids is 1. The van der Waals surface area contributed by atoms with Gasteiger partial charge in [-0.05, 0) is 69.0 Å². The van der Waals surface area contributed by atoms with Crippen LogP contribution in [-0.2, 0) is 4.79 Å². The van der Waals surface area contributed by atoms with Crippen LogP contribution in [0.2, 0.25) is 0 Å². The van der Waals surface area contributed by atoms with Gasteiger partial charge in [0, 0.05) is 0 Å². The summed E-state index contributed by atoms with van der Waals surface area (Å²) in [6.45, 7) is 10.7. The van der Waals surface area contributed by atoms with Crippen LogP contribution in [0.15, 0.2) is 36.4 Å². The Hall–Kier alpha value is -2.49. The summed E-state index contributed by atoms with van der Waals surface area (Å²) in [4.78, 5) is 12.2. The summed E-state index contributed by atoms with van der Waals surface area (Å²) >= 11 is 0. The number of rotatable bonds is 7. The lowest BCUT2D eigenvalue weighted by atomic mass is 10.1. The number of nitrogens with one attached hydrogen (secondary N) is 1. The van der Waals surface area contributed by atoms with Crippen molar-refractivity contribution in [2.24, 2.45) is 0 Å². The van der Waals surface area contributed by atoms with Gasteiger partial charge in [-0.1, -0.05) is 24.3 Å². The van der Waals surface area contributed by atoms with Crippen LogP contribution in [0.1, 0.15) is 29.2 Å². The molecule has 4 nitrogen and oxygen atoms in total. The molecule has 0 unspecified atom stereocenters. The third-order valence-corrected chi connectivity index (χ3v) is 4.19. The van der Waals surface area contributed by atoms with Gasteiger partial charge in [-0.25, -0.2) is 0 Å². The maximum atomic E-state index is 12.2. The highest BCUT2D eigenvalue weighted by Crippen LogP contribution is 2.24. The lowest BCUT2D eigenvalue weighted by molar-refractivity contribution is -0.127. The first kappa shape index (κ1) is 18.8. The van der Waals surface area contributed by atoms with Gasteiger partial charge in [0.1, 0.15) is 18.1 Å². The van der Waals surface area contributed by atoms with Gasteiger partial charge >= 0.3 is 0 Å². The zero-order chi connectivity index (χ0) is 18.4. The first-order chi connectivity index (χ1) is 11.9. The van der Waals surface area contributed by atoms with Gasteiger partial charge in [0.2, 0.25) is 0 Å². The molecule has 0 aromatic heterocycles. The molecule has 0 fully saturated rings. The fourth-order valence-corrected chi connectivity index (χ4v) is 2.56. The number of hydrogen-bond acceptors (Lipinski definition) is 3. The molecule has 0 aliphatic carbocycles. The number of para-hydroxylation sites is 1. The molecule has 1 atom stereocenters. The van der Waals surface area contributed by atoms with E-state index in [-0.39, 0.29) is 5.91 Å². The van der Waals surface area contributed by atoms with Crippen molar-refractivity contribution in [3.8, 4) is 11.5 Å². The van der Waals surface area contributed by atoms with E-state index in [9.17, 15) is 4.79 Å². The van der Waals surface area contributed by atoms with Gasteiger partial charge in [-0.3, -0.25) is 4.79 Å². The maximum absolute atomic E-state index is 12.2. The average molecular weight is 341 g/mol. The number of carbonyl (C=O) groups is 1. The lowest BCUT2D eigenvalue weighted by Crippen LogP contribution is -2.38. The third kappa shape index (κ3) is 5.24. The first-order valence-electron chi connectivity index (χ1n) is 8.59. The molecular weight excluding hydrogens is 314 g/mol. The van der Waals surface area contributed by atoms with E-state index >= 15 is 0 Å². The number of aryl methyl sites for hydroxylation is 3. The molecule has 0 saturated carbocycles. The van der Waals surface area contributed by atoms with Crippen LogP contribution in [-0.4, -0.2) is 25.2 Å². The zero-order valence-corrected chi connectivity index (χ0v) is 15.7. The summed E-state index contributed by atoms with van der Waals surface area (Å²) in [7, 11) is 0. The second-order valence-corrected chi connectivity index (χ2v) is 6.37. The molecule has 134 valence electrons. The van der Waals surface area contributed by atoms with E-state index in [1.54, 1.807) is 6.92 Å². The van der Waals surface area contributed by atoms with Crippen LogP contribution in [0.4, 0.5) is 0 Å². The fourth-order valence-electron chi connectivity index (χ4n) is 2.56. The van der Waals surface area contributed by atoms with Crippen molar-refractivity contribution in [3.63, 3.8) is 0 Å². The second kappa shape index (κ2) is 8.56. The van der Waals surface area contributed by atoms with Crippen LogP contribution >= 0.6 is 0 Å². The van der Waals surface area contributed by atoms with Crippen LogP contribution in [0.5, 0.6) is 11.5 Å². The molecule has 0 saturated heterocycles. The molecular formula is C21H27NO3. The van der Waals surface area contributed by atoms with E-state index in [2.05, 4.69) is 11.4 Å². The molecule has 1 N–H and O–H groups in total. The van der Waals surface area contributed by atoms with Crippen LogP contribution in [0.25, 0.3) is 0 Å². The first-order valence-corrected chi connectivity index (χ1v) is 8.59. The fraction of sp³-hybridized carbons (Fsp3) is 0.381. The minimum Gasteiger partial charge on any atom is -0.491 e. The Morgan fingerprint density at radius 2 is 1.76 bits per heavy atom. The summed E-state index contributed by atoms with van der Waals surface area (Å²) in [6, 6.07) is 11.9. The van der Waals surface area contributed by atoms with Gasteiger partial charge in [-0.15, -0.1) is 0 Å². The molecule has 0 aliphatic rings. The average Bonchev–Trinajstić information content (AvgIpc) is 2.57. The predicted octanol–water partition coefficient (Wildman–Crippen LogP) is 3.88. The third-order valence-electron chi connectivity index (χ3n) is 4.19. The lowest BCUT2D eigenvalue weighted by Gasteiger charge is -2.18. The van der Waals surface area contributed by atoms with E-state index in [1.165, 1.54) is 0 Å². The Bertz CT molecular complexity index is 740. The predicted molar refractivity (Wildman–Crippen MR) is 100 cm³/mol. The minimum absolute atomic E-state index is 0.146. The van der Waals surface area contributed by atoms with Crippen molar-refractivity contribution in [3.05, 3.63) is 58.7 Å². The topological polar surface area (TPSA) is 47.6 Å². The monoisotopic (exact) mass is 341 g/mol. The van der Waals surface area contributed by atoms with E-state index in [0.29, 0.717) is 13.2 Å². The number of ether oxygens (including phenoxy) is 2. The summed E-state index contributed by atoms with van der Waals surface area (Å²) in [5.41, 5.74) is 4.43. The quantitative estimate of drug-likeness (QED) is 0.778. The Balaban J connectivity index is 1.82. The molecule has 0 spiro atoms. The molecule has 0 bridgehead atoms. The minimum atomic E-state index is -0.557. The highest BCUT2D eigenvalue weighted by molar-refractivity contribution is 5.80. The summed E-state index contributed by atoms with van der Waals surface area (Å²) in [6.07, 6.45) is -0.557. The summed E-state index contributed by atoms with van der Waals surface area (Å²) in [5.74, 6) is 1.45. The number of hydrogen-bond donors (Lipinski definition) is 1. The van der Waals surface area contributed by atoms with Crippen molar-refractivity contribution in [2.75, 3.05) is 13.2 Å². The standard InChI is InChI=1S/C21H27NO3/c1-14-12-16(3)17(4)20(13-14)25-18(5)21(23)22-10-11-24-19-9-7-6-8-15(19)2/h6-9,12-13,18H,10-11H2,1-5H3,(H,22,23)/t18-/m0/s1. The Morgan fingerprint density at radius 3 is 2.48 bits per heavy atom. The van der Waals surface area contributed by atoms with Crippen molar-refractivity contribution >= 4 is 5.91 Å². The number of amides is 1. The van der Waals surface area contributed by atoms with Crippen molar-refractivity contribution < 1.29 is 14.3 Å². The second-order valence-electron chi connectivity index (χ2n) is 6.37. The van der Waals surface area contributed by atoms with Crippen LogP contribution in [0.3, 0.4) is 0 Å². The molecule has 1 amide bonds. The molecule has 0 heterocycles. The molecule has 4 heteroatoms. The largest absolute Gasteiger partial charge is 0.491 e. The summed E-state index contributed by atoms with van der Waals surface area (Å²) < 4.78 is 11.5. The van der Waals surface area contributed by atoms with Crippen molar-refractivity contribution in [1.82, 2.24) is 5.32 Å². The Morgan fingerprint density at radius 1 is 1.04 bits per heavy atom. The Labute approximate surface area is 150 Å². The molecule has 2 aromatic rings.